The zero-order chi connectivity index (χ0) is 28.5. The van der Waals surface area contributed by atoms with Gasteiger partial charge in [0.15, 0.2) is 11.5 Å². The molecule has 2 atom stereocenters. The minimum atomic E-state index is -4.83. The van der Waals surface area contributed by atoms with Crippen LogP contribution in [-0.2, 0) is 20.9 Å². The van der Waals surface area contributed by atoms with Crippen LogP contribution in [0.1, 0.15) is 29.9 Å². The number of nitrogens with one attached hydrogen (secondary N) is 1. The second-order valence-corrected chi connectivity index (χ2v) is 11.1. The molecule has 1 fully saturated rings. The number of hydrogen-bond donors (Lipinski definition) is 1. The molecule has 0 saturated carbocycles. The normalized spacial score (nSPS) is 17.7. The van der Waals surface area contributed by atoms with E-state index < -0.39 is 39.7 Å². The van der Waals surface area contributed by atoms with E-state index in [9.17, 15) is 26.0 Å². The van der Waals surface area contributed by atoms with E-state index in [-0.39, 0.29) is 37.7 Å². The van der Waals surface area contributed by atoms with Crippen LogP contribution in [-0.4, -0.2) is 68.5 Å². The molecule has 0 amide bonds. The summed E-state index contributed by atoms with van der Waals surface area (Å²) in [6.45, 7) is 3.80. The summed E-state index contributed by atoms with van der Waals surface area (Å²) in [6, 6.07) is 5.45. The Balaban J connectivity index is 1.63. The largest absolute Gasteiger partial charge is 0.493 e. The van der Waals surface area contributed by atoms with Crippen LogP contribution < -0.4 is 14.8 Å². The van der Waals surface area contributed by atoms with Crippen LogP contribution >= 0.6 is 0 Å². The summed E-state index contributed by atoms with van der Waals surface area (Å²) in [5.74, 6) is -0.0976. The van der Waals surface area contributed by atoms with Crippen molar-refractivity contribution in [3.8, 4) is 11.5 Å². The number of fused-ring (bicyclic) bond motifs is 1. The molecule has 2 heterocycles. The molecule has 0 bridgehead atoms. The van der Waals surface area contributed by atoms with Crippen molar-refractivity contribution in [3.63, 3.8) is 0 Å². The van der Waals surface area contributed by atoms with E-state index in [1.807, 2.05) is 0 Å². The lowest BCUT2D eigenvalue weighted by Gasteiger charge is -2.31. The molecular formula is C25H28F4N4O5S. The first-order valence-electron chi connectivity index (χ1n) is 12.0. The van der Waals surface area contributed by atoms with Crippen LogP contribution in [0.4, 0.5) is 23.4 Å². The molecule has 9 nitrogen and oxygen atoms in total. The Kier molecular flexibility index (Phi) is 8.19. The lowest BCUT2D eigenvalue weighted by Crippen LogP contribution is -2.47. The molecule has 4 rings (SSSR count). The summed E-state index contributed by atoms with van der Waals surface area (Å²) >= 11 is 0. The van der Waals surface area contributed by atoms with Crippen LogP contribution in [0.5, 0.6) is 11.5 Å². The van der Waals surface area contributed by atoms with Gasteiger partial charge in [-0.15, -0.1) is 0 Å². The second kappa shape index (κ2) is 11.1. The first-order chi connectivity index (χ1) is 18.3. The highest BCUT2D eigenvalue weighted by atomic mass is 32.2. The number of aromatic nitrogens is 2. The van der Waals surface area contributed by atoms with Crippen molar-refractivity contribution in [3.05, 3.63) is 53.1 Å². The van der Waals surface area contributed by atoms with Gasteiger partial charge in [-0.05, 0) is 26.0 Å². The Labute approximate surface area is 223 Å². The first-order valence-corrected chi connectivity index (χ1v) is 13.8. The number of anilines is 1. The summed E-state index contributed by atoms with van der Waals surface area (Å²) < 4.78 is 96.6. The molecule has 39 heavy (non-hydrogen) atoms. The number of halogens is 4. The molecule has 1 aliphatic rings. The molecule has 0 unspecified atom stereocenters. The molecule has 212 valence electrons. The van der Waals surface area contributed by atoms with Gasteiger partial charge >= 0.3 is 6.18 Å². The summed E-state index contributed by atoms with van der Waals surface area (Å²) in [6.07, 6.45) is -4.23. The average Bonchev–Trinajstić information content (AvgIpc) is 2.86. The quantitative estimate of drug-likeness (QED) is 0.399. The molecule has 3 aromatic rings. The highest BCUT2D eigenvalue weighted by Gasteiger charge is 2.35. The fraction of sp³-hybridized carbons (Fsp3) is 0.440. The van der Waals surface area contributed by atoms with Crippen LogP contribution in [0.2, 0.25) is 0 Å². The first kappa shape index (κ1) is 28.8. The van der Waals surface area contributed by atoms with Gasteiger partial charge < -0.3 is 19.5 Å². The number of alkyl halides is 3. The van der Waals surface area contributed by atoms with Crippen molar-refractivity contribution in [2.45, 2.75) is 32.2 Å². The Hall–Kier alpha value is -3.23. The molecule has 1 aromatic heterocycles. The van der Waals surface area contributed by atoms with Gasteiger partial charge in [0.2, 0.25) is 10.0 Å². The molecule has 1 saturated heterocycles. The van der Waals surface area contributed by atoms with Crippen molar-refractivity contribution >= 4 is 26.7 Å². The maximum absolute atomic E-state index is 14.8. The van der Waals surface area contributed by atoms with Crippen LogP contribution in [0.25, 0.3) is 10.9 Å². The maximum Gasteiger partial charge on any atom is 0.419 e. The van der Waals surface area contributed by atoms with E-state index in [4.69, 9.17) is 14.2 Å². The monoisotopic (exact) mass is 572 g/mol. The van der Waals surface area contributed by atoms with Crippen molar-refractivity contribution in [1.82, 2.24) is 14.3 Å². The number of hydrogen-bond acceptors (Lipinski definition) is 8. The SMILES string of the molecule is COc1cc2nc(C)nc(N[C@H](C)c3cccc(C(F)(F)F)c3F)c2cc1OC[C@@H]1CN(S(C)(=O)=O)CCO1. The van der Waals surface area contributed by atoms with Gasteiger partial charge in [0.05, 0.1) is 37.1 Å². The van der Waals surface area contributed by atoms with Gasteiger partial charge in [-0.25, -0.2) is 22.8 Å². The minimum absolute atomic E-state index is 0.0230. The van der Waals surface area contributed by atoms with E-state index in [0.717, 1.165) is 12.3 Å². The van der Waals surface area contributed by atoms with Gasteiger partial charge in [0.1, 0.15) is 30.2 Å². The van der Waals surface area contributed by atoms with Crippen molar-refractivity contribution < 1.29 is 40.2 Å². The standard InChI is InChI=1S/C25H28F4N4O5S/c1-14(17-6-5-7-19(23(17)26)25(27,28)29)30-24-18-10-22(21(36-3)11-20(18)31-15(2)32-24)38-13-16-12-33(8-9-37-16)39(4,34)35/h5-7,10-11,14,16H,8-9,12-13H2,1-4H3,(H,30,31,32)/t14-,16+/m1/s1. The predicted octanol–water partition coefficient (Wildman–Crippen LogP) is 4.32. The number of morpholine rings is 1. The third-order valence-electron chi connectivity index (χ3n) is 6.24. The molecule has 14 heteroatoms. The molecule has 0 radical (unpaired) electrons. The van der Waals surface area contributed by atoms with Gasteiger partial charge in [-0.1, -0.05) is 12.1 Å². The highest BCUT2D eigenvalue weighted by Crippen LogP contribution is 2.37. The molecule has 0 aliphatic carbocycles. The van der Waals surface area contributed by atoms with Gasteiger partial charge in [0.25, 0.3) is 0 Å². The van der Waals surface area contributed by atoms with Crippen LogP contribution in [0, 0.1) is 12.7 Å². The summed E-state index contributed by atoms with van der Waals surface area (Å²) in [4.78, 5) is 8.80. The summed E-state index contributed by atoms with van der Waals surface area (Å²) in [7, 11) is -1.94. The number of ether oxygens (including phenoxy) is 3. The fourth-order valence-electron chi connectivity index (χ4n) is 4.30. The van der Waals surface area contributed by atoms with Crippen molar-refractivity contribution in [2.24, 2.45) is 0 Å². The van der Waals surface area contributed by atoms with E-state index in [1.165, 1.54) is 24.4 Å². The predicted molar refractivity (Wildman–Crippen MR) is 136 cm³/mol. The Morgan fingerprint density at radius 1 is 1.23 bits per heavy atom. The highest BCUT2D eigenvalue weighted by molar-refractivity contribution is 7.88. The number of sulfonamides is 1. The van der Waals surface area contributed by atoms with Crippen molar-refractivity contribution in [2.75, 3.05) is 45.0 Å². The minimum Gasteiger partial charge on any atom is -0.493 e. The van der Waals surface area contributed by atoms with Crippen LogP contribution in [0.3, 0.4) is 0 Å². The lowest BCUT2D eigenvalue weighted by molar-refractivity contribution is -0.140. The fourth-order valence-corrected chi connectivity index (χ4v) is 5.14. The van der Waals surface area contributed by atoms with Crippen LogP contribution in [0.15, 0.2) is 30.3 Å². The zero-order valence-corrected chi connectivity index (χ0v) is 22.5. The maximum atomic E-state index is 14.8. The Bertz CT molecular complexity index is 1470. The van der Waals surface area contributed by atoms with E-state index in [0.29, 0.717) is 34.3 Å². The number of nitrogens with zero attached hydrogens (tertiary/aromatic N) is 3. The molecule has 1 aliphatic heterocycles. The lowest BCUT2D eigenvalue weighted by atomic mass is 10.0. The zero-order valence-electron chi connectivity index (χ0n) is 21.7. The number of methoxy groups -OCH3 is 1. The van der Waals surface area contributed by atoms with Gasteiger partial charge in [0, 0.05) is 30.1 Å². The topological polar surface area (TPSA) is 103 Å². The molecule has 0 spiro atoms. The second-order valence-electron chi connectivity index (χ2n) is 9.14. The number of aryl methyl sites for hydroxylation is 1. The van der Waals surface area contributed by atoms with Crippen molar-refractivity contribution in [1.29, 1.82) is 0 Å². The van der Waals surface area contributed by atoms with Gasteiger partial charge in [-0.3, -0.25) is 0 Å². The summed E-state index contributed by atoms with van der Waals surface area (Å²) in [5.41, 5.74) is -1.07. The smallest absolute Gasteiger partial charge is 0.419 e. The Morgan fingerprint density at radius 3 is 2.64 bits per heavy atom. The number of rotatable bonds is 8. The molecule has 2 aromatic carbocycles. The van der Waals surface area contributed by atoms with E-state index >= 15 is 0 Å². The number of benzene rings is 2. The van der Waals surface area contributed by atoms with Gasteiger partial charge in [-0.2, -0.15) is 17.5 Å². The third kappa shape index (κ3) is 6.50. The molecule has 1 N–H and O–H groups in total. The van der Waals surface area contributed by atoms with E-state index in [2.05, 4.69) is 15.3 Å². The third-order valence-corrected chi connectivity index (χ3v) is 7.51. The average molecular weight is 573 g/mol. The van der Waals surface area contributed by atoms with E-state index in [1.54, 1.807) is 19.1 Å². The molecular weight excluding hydrogens is 544 g/mol. The summed E-state index contributed by atoms with van der Waals surface area (Å²) in [5, 5.41) is 3.46. The Morgan fingerprint density at radius 2 is 1.97 bits per heavy atom.